The minimum atomic E-state index is -3.59. The number of halogens is 2. The van der Waals surface area contributed by atoms with Gasteiger partial charge in [-0.2, -0.15) is 9.41 Å². The van der Waals surface area contributed by atoms with E-state index < -0.39 is 15.9 Å². The third kappa shape index (κ3) is 4.55. The van der Waals surface area contributed by atoms with E-state index in [0.29, 0.717) is 34.4 Å². The molecule has 1 amide bonds. The van der Waals surface area contributed by atoms with E-state index >= 15 is 0 Å². The predicted molar refractivity (Wildman–Crippen MR) is 111 cm³/mol. The van der Waals surface area contributed by atoms with Crippen molar-refractivity contribution in [1.82, 2.24) is 9.73 Å². The van der Waals surface area contributed by atoms with Crippen LogP contribution in [0.25, 0.3) is 0 Å². The van der Waals surface area contributed by atoms with E-state index in [2.05, 4.69) is 10.5 Å². The molecular weight excluding hydrogens is 421 g/mol. The summed E-state index contributed by atoms with van der Waals surface area (Å²) in [6, 6.07) is 10.9. The van der Waals surface area contributed by atoms with Crippen molar-refractivity contribution in [3.05, 3.63) is 63.6 Å². The Labute approximate surface area is 174 Å². The number of carbonyl (C=O) groups excluding carboxylic acids is 1. The molecule has 0 bridgehead atoms. The van der Waals surface area contributed by atoms with Crippen LogP contribution < -0.4 is 5.43 Å². The van der Waals surface area contributed by atoms with E-state index in [4.69, 9.17) is 23.2 Å². The summed E-state index contributed by atoms with van der Waals surface area (Å²) in [7, 11) is -3.59. The molecule has 0 aromatic heterocycles. The number of hydrazone groups is 1. The molecule has 1 saturated heterocycles. The van der Waals surface area contributed by atoms with Crippen molar-refractivity contribution in [1.29, 1.82) is 0 Å². The first kappa shape index (κ1) is 20.8. The first-order valence-electron chi connectivity index (χ1n) is 8.69. The van der Waals surface area contributed by atoms with Crippen molar-refractivity contribution in [3.8, 4) is 0 Å². The van der Waals surface area contributed by atoms with Gasteiger partial charge in [0.25, 0.3) is 5.91 Å². The van der Waals surface area contributed by atoms with Gasteiger partial charge in [-0.05, 0) is 50.1 Å². The van der Waals surface area contributed by atoms with E-state index in [9.17, 15) is 13.2 Å². The molecule has 0 unspecified atom stereocenters. The van der Waals surface area contributed by atoms with Crippen LogP contribution in [0.2, 0.25) is 10.0 Å². The van der Waals surface area contributed by atoms with Gasteiger partial charge >= 0.3 is 0 Å². The Bertz CT molecular complexity index is 1030. The summed E-state index contributed by atoms with van der Waals surface area (Å²) in [6.07, 6.45) is 1.70. The lowest BCUT2D eigenvalue weighted by molar-refractivity contribution is 0.0954. The van der Waals surface area contributed by atoms with Crippen molar-refractivity contribution in [2.45, 2.75) is 24.7 Å². The third-order valence-electron chi connectivity index (χ3n) is 4.45. The number of rotatable bonds is 5. The smallest absolute Gasteiger partial charge is 0.267 e. The maximum atomic E-state index is 12.7. The van der Waals surface area contributed by atoms with Crippen LogP contribution in [0.5, 0.6) is 0 Å². The highest BCUT2D eigenvalue weighted by atomic mass is 35.5. The molecule has 2 aromatic rings. The van der Waals surface area contributed by atoms with Gasteiger partial charge < -0.3 is 0 Å². The molecule has 9 heteroatoms. The maximum Gasteiger partial charge on any atom is 0.271 e. The molecule has 3 rings (SSSR count). The molecule has 148 valence electrons. The Hall–Kier alpha value is -1.93. The van der Waals surface area contributed by atoms with Crippen molar-refractivity contribution >= 4 is 44.8 Å². The lowest BCUT2D eigenvalue weighted by Gasteiger charge is -2.15. The zero-order chi connectivity index (χ0) is 20.3. The lowest BCUT2D eigenvalue weighted by Crippen LogP contribution is -2.28. The fourth-order valence-electron chi connectivity index (χ4n) is 2.92. The second kappa shape index (κ2) is 8.61. The molecular formula is C19H19Cl2N3O3S. The summed E-state index contributed by atoms with van der Waals surface area (Å²) in [6.45, 7) is 2.71. The SMILES string of the molecule is CC(=NNC(=O)c1cccc(S(=O)(=O)N2CCCC2)c1)c1ccc(Cl)cc1Cl. The Morgan fingerprint density at radius 1 is 1.11 bits per heavy atom. The topological polar surface area (TPSA) is 78.8 Å². The van der Waals surface area contributed by atoms with Crippen LogP contribution in [0.15, 0.2) is 52.5 Å². The molecule has 0 spiro atoms. The number of sulfonamides is 1. The summed E-state index contributed by atoms with van der Waals surface area (Å²) in [5, 5.41) is 4.98. The van der Waals surface area contributed by atoms with Crippen LogP contribution in [0, 0.1) is 0 Å². The van der Waals surface area contributed by atoms with Gasteiger partial charge in [0.1, 0.15) is 0 Å². The number of amides is 1. The van der Waals surface area contributed by atoms with Crippen LogP contribution in [-0.2, 0) is 10.0 Å². The van der Waals surface area contributed by atoms with Crippen LogP contribution in [0.4, 0.5) is 0 Å². The Balaban J connectivity index is 1.78. The van der Waals surface area contributed by atoms with Crippen molar-refractivity contribution in [2.75, 3.05) is 13.1 Å². The summed E-state index contributed by atoms with van der Waals surface area (Å²) in [4.78, 5) is 12.5. The second-order valence-electron chi connectivity index (χ2n) is 6.40. The summed E-state index contributed by atoms with van der Waals surface area (Å²) in [5.41, 5.74) is 3.78. The van der Waals surface area contributed by atoms with Crippen molar-refractivity contribution in [2.24, 2.45) is 5.10 Å². The molecule has 0 aliphatic carbocycles. The standard InChI is InChI=1S/C19H19Cl2N3O3S/c1-13(17-8-7-15(20)12-18(17)21)22-23-19(25)14-5-4-6-16(11-14)28(26,27)24-9-2-3-10-24/h4-8,11-12H,2-3,9-10H2,1H3,(H,23,25). The summed E-state index contributed by atoms with van der Waals surface area (Å²) < 4.78 is 26.8. The van der Waals surface area contributed by atoms with Gasteiger partial charge in [-0.15, -0.1) is 0 Å². The molecule has 28 heavy (non-hydrogen) atoms. The number of benzene rings is 2. The van der Waals surface area contributed by atoms with E-state index in [-0.39, 0.29) is 10.5 Å². The molecule has 1 aliphatic heterocycles. The van der Waals surface area contributed by atoms with Gasteiger partial charge in [0.05, 0.1) is 15.6 Å². The Kier molecular flexibility index (Phi) is 6.40. The number of nitrogens with zero attached hydrogens (tertiary/aromatic N) is 2. The fraction of sp³-hybridized carbons (Fsp3) is 0.263. The van der Waals surface area contributed by atoms with Crippen LogP contribution in [-0.4, -0.2) is 37.4 Å². The number of nitrogens with one attached hydrogen (secondary N) is 1. The highest BCUT2D eigenvalue weighted by Crippen LogP contribution is 2.22. The molecule has 1 N–H and O–H groups in total. The monoisotopic (exact) mass is 439 g/mol. The Morgan fingerprint density at radius 3 is 2.50 bits per heavy atom. The van der Waals surface area contributed by atoms with E-state index in [0.717, 1.165) is 12.8 Å². The predicted octanol–water partition coefficient (Wildman–Crippen LogP) is 3.93. The number of hydrogen-bond donors (Lipinski definition) is 1. The van der Waals surface area contributed by atoms with Gasteiger partial charge in [-0.25, -0.2) is 13.8 Å². The fourth-order valence-corrected chi connectivity index (χ4v) is 5.03. The van der Waals surface area contributed by atoms with E-state index in [1.807, 2.05) is 0 Å². The number of hydrogen-bond acceptors (Lipinski definition) is 4. The van der Waals surface area contributed by atoms with Gasteiger partial charge in [0, 0.05) is 29.2 Å². The lowest BCUT2D eigenvalue weighted by atomic mass is 10.1. The van der Waals surface area contributed by atoms with Gasteiger partial charge in [-0.1, -0.05) is 35.3 Å². The molecule has 0 saturated carbocycles. The molecule has 1 heterocycles. The zero-order valence-corrected chi connectivity index (χ0v) is 17.5. The zero-order valence-electron chi connectivity index (χ0n) is 15.2. The molecule has 0 radical (unpaired) electrons. The Morgan fingerprint density at radius 2 is 1.82 bits per heavy atom. The van der Waals surface area contributed by atoms with Crippen molar-refractivity contribution < 1.29 is 13.2 Å². The number of carbonyl (C=O) groups is 1. The minimum Gasteiger partial charge on any atom is -0.267 e. The summed E-state index contributed by atoms with van der Waals surface area (Å²) in [5.74, 6) is -0.511. The molecule has 6 nitrogen and oxygen atoms in total. The molecule has 1 fully saturated rings. The van der Waals surface area contributed by atoms with E-state index in [1.54, 1.807) is 37.3 Å². The third-order valence-corrected chi connectivity index (χ3v) is 6.89. The van der Waals surface area contributed by atoms with Gasteiger partial charge in [-0.3, -0.25) is 4.79 Å². The highest BCUT2D eigenvalue weighted by Gasteiger charge is 2.27. The van der Waals surface area contributed by atoms with E-state index in [1.165, 1.54) is 16.4 Å². The highest BCUT2D eigenvalue weighted by molar-refractivity contribution is 7.89. The average Bonchev–Trinajstić information content (AvgIpc) is 3.21. The molecule has 0 atom stereocenters. The quantitative estimate of drug-likeness (QED) is 0.565. The van der Waals surface area contributed by atoms with Crippen molar-refractivity contribution in [3.63, 3.8) is 0 Å². The minimum absolute atomic E-state index is 0.100. The van der Waals surface area contributed by atoms with Crippen LogP contribution in [0.1, 0.15) is 35.7 Å². The normalized spacial score (nSPS) is 15.6. The largest absolute Gasteiger partial charge is 0.271 e. The summed E-state index contributed by atoms with van der Waals surface area (Å²) >= 11 is 12.0. The van der Waals surface area contributed by atoms with Gasteiger partial charge in [0.2, 0.25) is 10.0 Å². The first-order chi connectivity index (χ1) is 13.3. The van der Waals surface area contributed by atoms with Crippen LogP contribution in [0.3, 0.4) is 0 Å². The average molecular weight is 440 g/mol. The molecule has 2 aromatic carbocycles. The van der Waals surface area contributed by atoms with Crippen LogP contribution >= 0.6 is 23.2 Å². The molecule has 1 aliphatic rings. The van der Waals surface area contributed by atoms with Gasteiger partial charge in [0.15, 0.2) is 0 Å². The maximum absolute atomic E-state index is 12.7. The second-order valence-corrected chi connectivity index (χ2v) is 9.18. The first-order valence-corrected chi connectivity index (χ1v) is 10.9.